The van der Waals surface area contributed by atoms with Gasteiger partial charge in [0.15, 0.2) is 6.61 Å². The molecule has 0 saturated heterocycles. The summed E-state index contributed by atoms with van der Waals surface area (Å²) in [6.07, 6.45) is 0. The van der Waals surface area contributed by atoms with Crippen molar-refractivity contribution in [2.24, 2.45) is 0 Å². The van der Waals surface area contributed by atoms with E-state index >= 15 is 0 Å². The average Bonchev–Trinajstić information content (AvgIpc) is 3.28. The summed E-state index contributed by atoms with van der Waals surface area (Å²) in [5.74, 6) is 1.42. The van der Waals surface area contributed by atoms with E-state index < -0.39 is 0 Å². The van der Waals surface area contributed by atoms with E-state index in [1.165, 1.54) is 0 Å². The van der Waals surface area contributed by atoms with Crippen LogP contribution in [0.4, 0.5) is 5.69 Å². The second kappa shape index (κ2) is 9.32. The van der Waals surface area contributed by atoms with Gasteiger partial charge in [-0.25, -0.2) is 0 Å². The van der Waals surface area contributed by atoms with Crippen LogP contribution in [0.25, 0.3) is 22.8 Å². The van der Waals surface area contributed by atoms with E-state index in [4.69, 9.17) is 25.6 Å². The molecule has 0 spiro atoms. The van der Waals surface area contributed by atoms with E-state index in [0.29, 0.717) is 45.1 Å². The van der Waals surface area contributed by atoms with Gasteiger partial charge in [0.25, 0.3) is 11.8 Å². The Bertz CT molecular complexity index is 1210. The molecule has 0 aliphatic heterocycles. The summed E-state index contributed by atoms with van der Waals surface area (Å²) in [5.41, 5.74) is 1.88. The number of rotatable bonds is 7. The number of halogens is 1. The van der Waals surface area contributed by atoms with Crippen LogP contribution in [0, 0.1) is 0 Å². The molecule has 1 heterocycles. The highest BCUT2D eigenvalue weighted by Gasteiger charge is 2.17. The highest BCUT2D eigenvalue weighted by Crippen LogP contribution is 2.32. The molecule has 1 amide bonds. The number of benzene rings is 3. The van der Waals surface area contributed by atoms with E-state index in [1.807, 2.05) is 30.3 Å². The van der Waals surface area contributed by atoms with Crippen molar-refractivity contribution in [3.05, 3.63) is 77.8 Å². The lowest BCUT2D eigenvalue weighted by atomic mass is 10.2. The highest BCUT2D eigenvalue weighted by atomic mass is 35.5. The summed E-state index contributed by atoms with van der Waals surface area (Å²) in [6, 6.07) is 21.4. The van der Waals surface area contributed by atoms with Crippen molar-refractivity contribution in [2.75, 3.05) is 19.0 Å². The third kappa shape index (κ3) is 4.84. The van der Waals surface area contributed by atoms with Crippen LogP contribution in [0.2, 0.25) is 5.02 Å². The Hall–Kier alpha value is -3.84. The van der Waals surface area contributed by atoms with Crippen molar-refractivity contribution >= 4 is 23.2 Å². The Kier molecular flexibility index (Phi) is 6.14. The minimum Gasteiger partial charge on any atom is -0.496 e. The molecule has 0 atom stereocenters. The van der Waals surface area contributed by atoms with E-state index in [-0.39, 0.29) is 12.5 Å². The van der Waals surface area contributed by atoms with Crippen LogP contribution in [0.1, 0.15) is 0 Å². The van der Waals surface area contributed by atoms with E-state index in [9.17, 15) is 4.79 Å². The largest absolute Gasteiger partial charge is 0.496 e. The molecule has 31 heavy (non-hydrogen) atoms. The molecule has 3 aromatic carbocycles. The van der Waals surface area contributed by atoms with Gasteiger partial charge in [0.05, 0.1) is 18.2 Å². The third-order valence-electron chi connectivity index (χ3n) is 4.36. The van der Waals surface area contributed by atoms with Gasteiger partial charge in [-0.2, -0.15) is 4.98 Å². The molecule has 4 rings (SSSR count). The van der Waals surface area contributed by atoms with Crippen LogP contribution < -0.4 is 14.8 Å². The first kappa shape index (κ1) is 20.4. The first-order chi connectivity index (χ1) is 15.1. The SMILES string of the molecule is COc1ccccc1-c1nc(-c2ccccc2OCC(=O)Nc2cccc(Cl)c2)no1. The number of carbonyl (C=O) groups excluding carboxylic acids is 1. The lowest BCUT2D eigenvalue weighted by Gasteiger charge is -2.10. The number of nitrogens with one attached hydrogen (secondary N) is 1. The van der Waals surface area contributed by atoms with Gasteiger partial charge >= 0.3 is 0 Å². The molecular weight excluding hydrogens is 418 g/mol. The van der Waals surface area contributed by atoms with Crippen LogP contribution in [-0.2, 0) is 4.79 Å². The molecule has 1 N–H and O–H groups in total. The zero-order valence-electron chi connectivity index (χ0n) is 16.5. The van der Waals surface area contributed by atoms with Crippen LogP contribution in [-0.4, -0.2) is 29.8 Å². The Balaban J connectivity index is 1.50. The normalized spacial score (nSPS) is 10.5. The minimum absolute atomic E-state index is 0.194. The molecule has 4 aromatic rings. The summed E-state index contributed by atoms with van der Waals surface area (Å²) >= 11 is 5.94. The fourth-order valence-corrected chi connectivity index (χ4v) is 3.14. The van der Waals surface area contributed by atoms with E-state index in [2.05, 4.69) is 15.5 Å². The second-order valence-electron chi connectivity index (χ2n) is 6.47. The maximum Gasteiger partial charge on any atom is 0.262 e. The van der Waals surface area contributed by atoms with Gasteiger partial charge in [0.2, 0.25) is 5.82 Å². The van der Waals surface area contributed by atoms with Gasteiger partial charge in [0.1, 0.15) is 11.5 Å². The van der Waals surface area contributed by atoms with Gasteiger partial charge < -0.3 is 19.3 Å². The number of ether oxygens (including phenoxy) is 2. The number of methoxy groups -OCH3 is 1. The number of hydrogen-bond acceptors (Lipinski definition) is 6. The smallest absolute Gasteiger partial charge is 0.262 e. The van der Waals surface area contributed by atoms with Crippen LogP contribution in [0.5, 0.6) is 11.5 Å². The summed E-state index contributed by atoms with van der Waals surface area (Å²) in [4.78, 5) is 16.7. The van der Waals surface area contributed by atoms with Crippen LogP contribution >= 0.6 is 11.6 Å². The van der Waals surface area contributed by atoms with Crippen molar-refractivity contribution in [3.63, 3.8) is 0 Å². The van der Waals surface area contributed by atoms with Gasteiger partial charge in [-0.3, -0.25) is 4.79 Å². The topological polar surface area (TPSA) is 86.5 Å². The lowest BCUT2D eigenvalue weighted by molar-refractivity contribution is -0.118. The summed E-state index contributed by atoms with van der Waals surface area (Å²) in [5, 5.41) is 7.34. The Morgan fingerprint density at radius 1 is 1.00 bits per heavy atom. The van der Waals surface area contributed by atoms with Crippen molar-refractivity contribution in [3.8, 4) is 34.3 Å². The monoisotopic (exact) mass is 435 g/mol. The first-order valence-corrected chi connectivity index (χ1v) is 9.76. The number of aromatic nitrogens is 2. The second-order valence-corrected chi connectivity index (χ2v) is 6.90. The number of hydrogen-bond donors (Lipinski definition) is 1. The Morgan fingerprint density at radius 2 is 1.74 bits per heavy atom. The zero-order valence-corrected chi connectivity index (χ0v) is 17.3. The fraction of sp³-hybridized carbons (Fsp3) is 0.0870. The van der Waals surface area contributed by atoms with Gasteiger partial charge in [0, 0.05) is 10.7 Å². The predicted octanol–water partition coefficient (Wildman–Crippen LogP) is 5.08. The van der Waals surface area contributed by atoms with Crippen molar-refractivity contribution < 1.29 is 18.8 Å². The zero-order chi connectivity index (χ0) is 21.6. The molecule has 0 aliphatic carbocycles. The predicted molar refractivity (Wildman–Crippen MR) is 117 cm³/mol. The molecule has 0 radical (unpaired) electrons. The van der Waals surface area contributed by atoms with Crippen LogP contribution in [0.3, 0.4) is 0 Å². The highest BCUT2D eigenvalue weighted by molar-refractivity contribution is 6.30. The van der Waals surface area contributed by atoms with E-state index in [1.54, 1.807) is 49.6 Å². The van der Waals surface area contributed by atoms with Gasteiger partial charge in [-0.15, -0.1) is 0 Å². The van der Waals surface area contributed by atoms with Crippen molar-refractivity contribution in [1.29, 1.82) is 0 Å². The summed E-state index contributed by atoms with van der Waals surface area (Å²) < 4.78 is 16.5. The first-order valence-electron chi connectivity index (χ1n) is 9.39. The molecular formula is C23H18ClN3O4. The molecule has 7 nitrogen and oxygen atoms in total. The lowest BCUT2D eigenvalue weighted by Crippen LogP contribution is -2.20. The summed E-state index contributed by atoms with van der Waals surface area (Å²) in [7, 11) is 1.58. The molecule has 8 heteroatoms. The molecule has 0 bridgehead atoms. The Labute approximate surface area is 183 Å². The van der Waals surface area contributed by atoms with E-state index in [0.717, 1.165) is 0 Å². The number of amides is 1. The molecule has 156 valence electrons. The average molecular weight is 436 g/mol. The van der Waals surface area contributed by atoms with Crippen molar-refractivity contribution in [2.45, 2.75) is 0 Å². The van der Waals surface area contributed by atoms with Crippen molar-refractivity contribution in [1.82, 2.24) is 10.1 Å². The Morgan fingerprint density at radius 3 is 2.52 bits per heavy atom. The fourth-order valence-electron chi connectivity index (χ4n) is 2.95. The number of anilines is 1. The molecule has 0 aliphatic rings. The third-order valence-corrected chi connectivity index (χ3v) is 4.59. The molecule has 1 aromatic heterocycles. The summed E-state index contributed by atoms with van der Waals surface area (Å²) in [6.45, 7) is -0.194. The minimum atomic E-state index is -0.320. The number of para-hydroxylation sites is 2. The van der Waals surface area contributed by atoms with Gasteiger partial charge in [-0.05, 0) is 42.5 Å². The van der Waals surface area contributed by atoms with Crippen LogP contribution in [0.15, 0.2) is 77.3 Å². The maximum absolute atomic E-state index is 12.3. The quantitative estimate of drug-likeness (QED) is 0.435. The number of carbonyl (C=O) groups is 1. The maximum atomic E-state index is 12.3. The molecule has 0 fully saturated rings. The molecule has 0 saturated carbocycles. The number of nitrogens with zero attached hydrogens (tertiary/aromatic N) is 2. The molecule has 0 unspecified atom stereocenters. The standard InChI is InChI=1S/C23H18ClN3O4/c1-29-19-11-4-3-10-18(19)23-26-22(27-31-23)17-9-2-5-12-20(17)30-14-21(28)25-16-8-6-7-15(24)13-16/h2-13H,14H2,1H3,(H,25,28). The van der Waals surface area contributed by atoms with Gasteiger partial charge in [-0.1, -0.05) is 47.1 Å².